The van der Waals surface area contributed by atoms with Crippen molar-refractivity contribution in [1.82, 2.24) is 9.97 Å². The van der Waals surface area contributed by atoms with E-state index in [1.807, 2.05) is 6.92 Å². The summed E-state index contributed by atoms with van der Waals surface area (Å²) >= 11 is 0. The van der Waals surface area contributed by atoms with Gasteiger partial charge in [0, 0.05) is 36.4 Å². The smallest absolute Gasteiger partial charge is 0.291 e. The zero-order valence-corrected chi connectivity index (χ0v) is 11.9. The predicted octanol–water partition coefficient (Wildman–Crippen LogP) is 0.276. The molecule has 2 aliphatic heterocycles. The molecule has 2 aliphatic rings. The maximum absolute atomic E-state index is 12.1. The van der Waals surface area contributed by atoms with E-state index in [9.17, 15) is 4.79 Å². The molecule has 0 bridgehead atoms. The molecule has 6 heteroatoms. The summed E-state index contributed by atoms with van der Waals surface area (Å²) in [5, 5.41) is 0. The van der Waals surface area contributed by atoms with Gasteiger partial charge in [-0.15, -0.1) is 0 Å². The first kappa shape index (κ1) is 13.6. The number of nitrogens with zero attached hydrogens (tertiary/aromatic N) is 2. The first-order valence-corrected chi connectivity index (χ1v) is 7.31. The highest BCUT2D eigenvalue weighted by atomic mass is 16.5. The van der Waals surface area contributed by atoms with E-state index in [1.165, 1.54) is 0 Å². The number of aryl methyl sites for hydroxylation is 1. The van der Waals surface area contributed by atoms with Crippen LogP contribution in [0.4, 0.5) is 5.82 Å². The molecular formula is C14H22N4O2. The molecule has 1 unspecified atom stereocenters. The fourth-order valence-corrected chi connectivity index (χ4v) is 3.19. The van der Waals surface area contributed by atoms with Gasteiger partial charge in [-0.05, 0) is 19.3 Å². The molecule has 3 N–H and O–H groups in total. The summed E-state index contributed by atoms with van der Waals surface area (Å²) in [5.74, 6) is 0.532. The Morgan fingerprint density at radius 3 is 2.85 bits per heavy atom. The minimum atomic E-state index is -0.0905. The first-order chi connectivity index (χ1) is 9.64. The number of aromatic nitrogens is 2. The van der Waals surface area contributed by atoms with Gasteiger partial charge in [-0.25, -0.2) is 4.98 Å². The van der Waals surface area contributed by atoms with Crippen LogP contribution < -0.4 is 16.2 Å². The van der Waals surface area contributed by atoms with E-state index >= 15 is 0 Å². The third-order valence-corrected chi connectivity index (χ3v) is 4.73. The van der Waals surface area contributed by atoms with Crippen molar-refractivity contribution in [1.29, 1.82) is 0 Å². The fourth-order valence-electron chi connectivity index (χ4n) is 3.19. The second-order valence-electron chi connectivity index (χ2n) is 5.89. The highest BCUT2D eigenvalue weighted by Gasteiger charge is 2.44. The number of ether oxygens (including phenoxy) is 1. The van der Waals surface area contributed by atoms with Gasteiger partial charge in [-0.2, -0.15) is 0 Å². The average Bonchev–Trinajstić information content (AvgIpc) is 2.81. The van der Waals surface area contributed by atoms with Crippen molar-refractivity contribution in [3.05, 3.63) is 22.2 Å². The standard InChI is InChI=1S/C14H22N4O2/c1-2-10-7-16-12(13(19)17-10)18-5-3-14(4-6-18)9-20-8-11(14)15/h7,11H,2-6,8-9,15H2,1H3,(H,17,19). The van der Waals surface area contributed by atoms with Crippen LogP contribution in [0.15, 0.2) is 11.0 Å². The van der Waals surface area contributed by atoms with Gasteiger partial charge in [0.25, 0.3) is 5.56 Å². The summed E-state index contributed by atoms with van der Waals surface area (Å²) < 4.78 is 5.52. The van der Waals surface area contributed by atoms with Crippen molar-refractivity contribution in [2.45, 2.75) is 32.2 Å². The molecule has 3 heterocycles. The monoisotopic (exact) mass is 278 g/mol. The molecule has 0 aromatic carbocycles. The molecule has 0 aliphatic carbocycles. The van der Waals surface area contributed by atoms with E-state index in [2.05, 4.69) is 14.9 Å². The number of nitrogens with two attached hydrogens (primary N) is 1. The lowest BCUT2D eigenvalue weighted by atomic mass is 9.75. The number of hydrogen-bond acceptors (Lipinski definition) is 5. The van der Waals surface area contributed by atoms with Gasteiger partial charge in [-0.1, -0.05) is 6.92 Å². The molecule has 110 valence electrons. The highest BCUT2D eigenvalue weighted by Crippen LogP contribution is 2.38. The first-order valence-electron chi connectivity index (χ1n) is 7.31. The van der Waals surface area contributed by atoms with Crippen molar-refractivity contribution in [3.8, 4) is 0 Å². The van der Waals surface area contributed by atoms with E-state index < -0.39 is 0 Å². The Bertz CT molecular complexity index is 534. The highest BCUT2D eigenvalue weighted by molar-refractivity contribution is 5.37. The largest absolute Gasteiger partial charge is 0.379 e. The van der Waals surface area contributed by atoms with Crippen LogP contribution in [0.2, 0.25) is 0 Å². The molecule has 0 saturated carbocycles. The predicted molar refractivity (Wildman–Crippen MR) is 76.9 cm³/mol. The lowest BCUT2D eigenvalue weighted by Gasteiger charge is -2.40. The number of H-pyrrole nitrogens is 1. The van der Waals surface area contributed by atoms with Crippen LogP contribution in [0.3, 0.4) is 0 Å². The van der Waals surface area contributed by atoms with Crippen molar-refractivity contribution in [2.75, 3.05) is 31.2 Å². The number of nitrogens with one attached hydrogen (secondary N) is 1. The number of piperidine rings is 1. The van der Waals surface area contributed by atoms with Crippen molar-refractivity contribution >= 4 is 5.82 Å². The van der Waals surface area contributed by atoms with Crippen LogP contribution >= 0.6 is 0 Å². The lowest BCUT2D eigenvalue weighted by molar-refractivity contribution is 0.131. The van der Waals surface area contributed by atoms with Gasteiger partial charge in [0.05, 0.1) is 13.2 Å². The van der Waals surface area contributed by atoms with Gasteiger partial charge < -0.3 is 20.4 Å². The van der Waals surface area contributed by atoms with Crippen LogP contribution in [-0.4, -0.2) is 42.3 Å². The molecule has 20 heavy (non-hydrogen) atoms. The molecule has 0 amide bonds. The zero-order chi connectivity index (χ0) is 14.2. The molecule has 1 aromatic heterocycles. The van der Waals surface area contributed by atoms with Crippen LogP contribution in [-0.2, 0) is 11.2 Å². The Labute approximate surface area is 118 Å². The van der Waals surface area contributed by atoms with Gasteiger partial charge in [0.2, 0.25) is 0 Å². The molecule has 3 rings (SSSR count). The molecule has 2 fully saturated rings. The summed E-state index contributed by atoms with van der Waals surface area (Å²) in [4.78, 5) is 21.3. The Morgan fingerprint density at radius 1 is 1.55 bits per heavy atom. The SMILES string of the molecule is CCc1cnc(N2CCC3(CC2)COCC3N)c(=O)[nH]1. The quantitative estimate of drug-likeness (QED) is 0.811. The van der Waals surface area contributed by atoms with Gasteiger partial charge in [-0.3, -0.25) is 4.79 Å². The van der Waals surface area contributed by atoms with Crippen LogP contribution in [0, 0.1) is 5.41 Å². The minimum Gasteiger partial charge on any atom is -0.379 e. The molecule has 1 spiro atoms. The molecule has 6 nitrogen and oxygen atoms in total. The lowest BCUT2D eigenvalue weighted by Crippen LogP contribution is -2.50. The van der Waals surface area contributed by atoms with E-state index in [0.29, 0.717) is 12.4 Å². The van der Waals surface area contributed by atoms with Gasteiger partial charge in [0.15, 0.2) is 5.82 Å². The topological polar surface area (TPSA) is 84.2 Å². The molecule has 1 aromatic rings. The zero-order valence-electron chi connectivity index (χ0n) is 11.9. The summed E-state index contributed by atoms with van der Waals surface area (Å²) in [6.45, 7) is 5.04. The Morgan fingerprint density at radius 2 is 2.30 bits per heavy atom. The van der Waals surface area contributed by atoms with Gasteiger partial charge >= 0.3 is 0 Å². The maximum atomic E-state index is 12.1. The average molecular weight is 278 g/mol. The van der Waals surface area contributed by atoms with E-state index in [-0.39, 0.29) is 17.0 Å². The molecular weight excluding hydrogens is 256 g/mol. The number of rotatable bonds is 2. The number of hydrogen-bond donors (Lipinski definition) is 2. The maximum Gasteiger partial charge on any atom is 0.291 e. The second-order valence-corrected chi connectivity index (χ2v) is 5.89. The number of anilines is 1. The Balaban J connectivity index is 1.74. The summed E-state index contributed by atoms with van der Waals surface area (Å²) in [5.41, 5.74) is 7.06. The van der Waals surface area contributed by atoms with Crippen molar-refractivity contribution in [2.24, 2.45) is 11.1 Å². The third-order valence-electron chi connectivity index (χ3n) is 4.73. The molecule has 1 atom stereocenters. The normalized spacial score (nSPS) is 25.3. The van der Waals surface area contributed by atoms with Crippen molar-refractivity contribution < 1.29 is 4.74 Å². The molecule has 2 saturated heterocycles. The van der Waals surface area contributed by atoms with Crippen LogP contribution in [0.25, 0.3) is 0 Å². The van der Waals surface area contributed by atoms with Crippen molar-refractivity contribution in [3.63, 3.8) is 0 Å². The summed E-state index contributed by atoms with van der Waals surface area (Å²) in [6, 6.07) is 0.123. The molecule has 0 radical (unpaired) electrons. The Hall–Kier alpha value is -1.40. The summed E-state index contributed by atoms with van der Waals surface area (Å²) in [7, 11) is 0. The van der Waals surface area contributed by atoms with E-state index in [1.54, 1.807) is 6.20 Å². The second kappa shape index (κ2) is 5.18. The van der Waals surface area contributed by atoms with Gasteiger partial charge in [0.1, 0.15) is 0 Å². The Kier molecular flexibility index (Phi) is 3.52. The fraction of sp³-hybridized carbons (Fsp3) is 0.714. The van der Waals surface area contributed by atoms with E-state index in [4.69, 9.17) is 10.5 Å². The van der Waals surface area contributed by atoms with E-state index in [0.717, 1.165) is 44.7 Å². The van der Waals surface area contributed by atoms with Crippen LogP contribution in [0.5, 0.6) is 0 Å². The number of aromatic amines is 1. The summed E-state index contributed by atoms with van der Waals surface area (Å²) in [6.07, 6.45) is 4.47. The van der Waals surface area contributed by atoms with Crippen LogP contribution in [0.1, 0.15) is 25.5 Å². The minimum absolute atomic E-state index is 0.0905. The third kappa shape index (κ3) is 2.23.